The molecule has 108 valence electrons. The van der Waals surface area contributed by atoms with Gasteiger partial charge in [-0.1, -0.05) is 12.0 Å². The Kier molecular flexibility index (Phi) is 5.88. The molecule has 5 heteroatoms. The Morgan fingerprint density at radius 1 is 1.45 bits per heavy atom. The highest BCUT2D eigenvalue weighted by atomic mass is 16.5. The molecule has 0 aliphatic rings. The van der Waals surface area contributed by atoms with Crippen LogP contribution in [-0.4, -0.2) is 30.8 Å². The lowest BCUT2D eigenvalue weighted by Crippen LogP contribution is -2.36. The zero-order valence-electron chi connectivity index (χ0n) is 11.8. The summed E-state index contributed by atoms with van der Waals surface area (Å²) in [6, 6.07) is 5.05. The summed E-state index contributed by atoms with van der Waals surface area (Å²) in [5.41, 5.74) is 0.707. The smallest absolute Gasteiger partial charge is 0.261 e. The molecule has 2 N–H and O–H groups in total. The highest BCUT2D eigenvalue weighted by Crippen LogP contribution is 2.30. The van der Waals surface area contributed by atoms with Gasteiger partial charge in [0.05, 0.1) is 19.8 Å². The monoisotopic (exact) mass is 277 g/mol. The van der Waals surface area contributed by atoms with Crippen LogP contribution in [0.2, 0.25) is 0 Å². The van der Waals surface area contributed by atoms with Crippen molar-refractivity contribution in [1.29, 1.82) is 0 Å². The number of terminal acetylenes is 1. The third-order valence-corrected chi connectivity index (χ3v) is 2.71. The Balaban J connectivity index is 2.81. The summed E-state index contributed by atoms with van der Waals surface area (Å²) < 4.78 is 10.7. The number of hydrogen-bond donors (Lipinski definition) is 2. The Hall–Kier alpha value is -2.19. The maximum absolute atomic E-state index is 11.7. The molecule has 0 aliphatic carbocycles. The summed E-state index contributed by atoms with van der Waals surface area (Å²) in [5, 5.41) is 12.1. The van der Waals surface area contributed by atoms with E-state index in [1.165, 1.54) is 7.11 Å². The highest BCUT2D eigenvalue weighted by Gasteiger charge is 2.17. The van der Waals surface area contributed by atoms with Gasteiger partial charge in [0.15, 0.2) is 17.6 Å². The van der Waals surface area contributed by atoms with Crippen molar-refractivity contribution in [2.75, 3.05) is 13.7 Å². The number of ether oxygens (including phenoxy) is 2. The van der Waals surface area contributed by atoms with Gasteiger partial charge in [-0.2, -0.15) is 0 Å². The number of carbonyl (C=O) groups is 1. The van der Waals surface area contributed by atoms with Gasteiger partial charge in [-0.15, -0.1) is 6.42 Å². The lowest BCUT2D eigenvalue weighted by atomic mass is 10.1. The van der Waals surface area contributed by atoms with Gasteiger partial charge >= 0.3 is 0 Å². The quantitative estimate of drug-likeness (QED) is 0.768. The molecule has 1 amide bonds. The molecule has 2 atom stereocenters. The van der Waals surface area contributed by atoms with Crippen molar-refractivity contribution in [3.63, 3.8) is 0 Å². The van der Waals surface area contributed by atoms with E-state index in [1.807, 2.05) is 0 Å². The molecule has 1 rings (SSSR count). The lowest BCUT2D eigenvalue weighted by molar-refractivity contribution is -0.127. The van der Waals surface area contributed by atoms with Crippen LogP contribution in [0.1, 0.15) is 25.5 Å². The minimum atomic E-state index is -0.699. The first-order valence-electron chi connectivity index (χ1n) is 6.23. The summed E-state index contributed by atoms with van der Waals surface area (Å²) in [7, 11) is 1.50. The fourth-order valence-corrected chi connectivity index (χ4v) is 1.57. The summed E-state index contributed by atoms with van der Waals surface area (Å²) in [6.45, 7) is 3.43. The standard InChI is InChI=1S/C15H19NO4/c1-5-8-16-15(18)11(3)20-13-7-6-12(10(2)17)9-14(13)19-4/h1,6-7,9-11,17H,8H2,2-4H3,(H,16,18)/t10-,11?/m0/s1. The third-order valence-electron chi connectivity index (χ3n) is 2.71. The van der Waals surface area contributed by atoms with Gasteiger partial charge in [0.1, 0.15) is 0 Å². The maximum Gasteiger partial charge on any atom is 0.261 e. The number of hydrogen-bond acceptors (Lipinski definition) is 4. The summed E-state index contributed by atoms with van der Waals surface area (Å²) in [6.07, 6.45) is 3.77. The average Bonchev–Trinajstić information content (AvgIpc) is 2.44. The van der Waals surface area contributed by atoms with Crippen LogP contribution in [0.25, 0.3) is 0 Å². The molecule has 0 bridgehead atoms. The van der Waals surface area contributed by atoms with Gasteiger partial charge in [-0.3, -0.25) is 4.79 Å². The van der Waals surface area contributed by atoms with Gasteiger partial charge in [-0.05, 0) is 31.5 Å². The number of methoxy groups -OCH3 is 1. The van der Waals surface area contributed by atoms with Crippen molar-refractivity contribution < 1.29 is 19.4 Å². The van der Waals surface area contributed by atoms with E-state index in [1.54, 1.807) is 32.0 Å². The molecule has 0 radical (unpaired) electrons. The summed E-state index contributed by atoms with van der Waals surface area (Å²) in [5.74, 6) is 2.91. The Labute approximate surface area is 118 Å². The number of benzene rings is 1. The summed E-state index contributed by atoms with van der Waals surface area (Å²) in [4.78, 5) is 11.7. The number of aliphatic hydroxyl groups excluding tert-OH is 1. The van der Waals surface area contributed by atoms with E-state index in [-0.39, 0.29) is 12.5 Å². The van der Waals surface area contributed by atoms with Crippen molar-refractivity contribution >= 4 is 5.91 Å². The van der Waals surface area contributed by atoms with Crippen LogP contribution in [0.15, 0.2) is 18.2 Å². The van der Waals surface area contributed by atoms with Crippen LogP contribution in [-0.2, 0) is 4.79 Å². The van der Waals surface area contributed by atoms with E-state index in [0.29, 0.717) is 17.1 Å². The largest absolute Gasteiger partial charge is 0.493 e. The summed E-state index contributed by atoms with van der Waals surface area (Å²) >= 11 is 0. The molecule has 0 saturated carbocycles. The van der Waals surface area contributed by atoms with Crippen molar-refractivity contribution in [2.24, 2.45) is 0 Å². The van der Waals surface area contributed by atoms with Crippen LogP contribution in [0.5, 0.6) is 11.5 Å². The second kappa shape index (κ2) is 7.41. The number of aliphatic hydroxyl groups is 1. The van der Waals surface area contributed by atoms with Gasteiger partial charge in [0.2, 0.25) is 0 Å². The molecule has 1 aromatic carbocycles. The van der Waals surface area contributed by atoms with Crippen molar-refractivity contribution in [2.45, 2.75) is 26.1 Å². The average molecular weight is 277 g/mol. The number of amides is 1. The molecule has 1 aromatic rings. The molecule has 0 aromatic heterocycles. The van der Waals surface area contributed by atoms with Crippen LogP contribution < -0.4 is 14.8 Å². The number of rotatable bonds is 6. The van der Waals surface area contributed by atoms with E-state index >= 15 is 0 Å². The zero-order valence-corrected chi connectivity index (χ0v) is 11.8. The first-order chi connectivity index (χ1) is 9.49. The van der Waals surface area contributed by atoms with Crippen molar-refractivity contribution in [1.82, 2.24) is 5.32 Å². The first-order valence-corrected chi connectivity index (χ1v) is 6.23. The Morgan fingerprint density at radius 2 is 2.15 bits per heavy atom. The van der Waals surface area contributed by atoms with Gasteiger partial charge in [-0.25, -0.2) is 0 Å². The van der Waals surface area contributed by atoms with Gasteiger partial charge < -0.3 is 19.9 Å². The molecule has 0 saturated heterocycles. The van der Waals surface area contributed by atoms with Crippen LogP contribution >= 0.6 is 0 Å². The van der Waals surface area contributed by atoms with Crippen LogP contribution in [0.4, 0.5) is 0 Å². The van der Waals surface area contributed by atoms with Gasteiger partial charge in [0, 0.05) is 0 Å². The van der Waals surface area contributed by atoms with E-state index in [9.17, 15) is 9.90 Å². The van der Waals surface area contributed by atoms with Crippen molar-refractivity contribution in [3.05, 3.63) is 23.8 Å². The molecule has 0 heterocycles. The molecule has 0 fully saturated rings. The highest BCUT2D eigenvalue weighted by molar-refractivity contribution is 5.81. The normalized spacial score (nSPS) is 12.9. The minimum absolute atomic E-state index is 0.157. The SMILES string of the molecule is C#CCNC(=O)C(C)Oc1ccc([C@H](C)O)cc1OC. The molecule has 20 heavy (non-hydrogen) atoms. The predicted molar refractivity (Wildman–Crippen MR) is 75.6 cm³/mol. The maximum atomic E-state index is 11.7. The van der Waals surface area contributed by atoms with E-state index in [4.69, 9.17) is 15.9 Å². The molecular weight excluding hydrogens is 258 g/mol. The zero-order chi connectivity index (χ0) is 15.1. The Bertz CT molecular complexity index is 505. The van der Waals surface area contributed by atoms with E-state index < -0.39 is 12.2 Å². The molecule has 0 aliphatic heterocycles. The van der Waals surface area contributed by atoms with Crippen LogP contribution in [0.3, 0.4) is 0 Å². The fraction of sp³-hybridized carbons (Fsp3) is 0.400. The van der Waals surface area contributed by atoms with E-state index in [2.05, 4.69) is 11.2 Å². The Morgan fingerprint density at radius 3 is 2.70 bits per heavy atom. The van der Waals surface area contributed by atoms with Crippen molar-refractivity contribution in [3.8, 4) is 23.8 Å². The predicted octanol–water partition coefficient (Wildman–Crippen LogP) is 1.27. The van der Waals surface area contributed by atoms with Crippen LogP contribution in [0, 0.1) is 12.3 Å². The minimum Gasteiger partial charge on any atom is -0.493 e. The first kappa shape index (κ1) is 15.9. The lowest BCUT2D eigenvalue weighted by Gasteiger charge is -2.17. The third kappa shape index (κ3) is 4.18. The topological polar surface area (TPSA) is 67.8 Å². The molecule has 1 unspecified atom stereocenters. The van der Waals surface area contributed by atoms with Gasteiger partial charge in [0.25, 0.3) is 5.91 Å². The fourth-order valence-electron chi connectivity index (χ4n) is 1.57. The second-order valence-electron chi connectivity index (χ2n) is 4.27. The number of nitrogens with one attached hydrogen (secondary N) is 1. The molecule has 5 nitrogen and oxygen atoms in total. The second-order valence-corrected chi connectivity index (χ2v) is 4.27. The van der Waals surface area contributed by atoms with E-state index in [0.717, 1.165) is 0 Å². The molecule has 0 spiro atoms. The molecular formula is C15H19NO4. The number of carbonyl (C=O) groups excluding carboxylic acids is 1.